The Labute approximate surface area is 98.9 Å². The van der Waals surface area contributed by atoms with Gasteiger partial charge in [-0.3, -0.25) is 4.79 Å². The van der Waals surface area contributed by atoms with E-state index in [1.54, 1.807) is 25.2 Å². The van der Waals surface area contributed by atoms with E-state index in [-0.39, 0.29) is 5.91 Å². The number of benzene rings is 1. The number of carbonyl (C=O) groups excluding carboxylic acids is 1. The third-order valence-electron chi connectivity index (χ3n) is 2.37. The fraction of sp³-hybridized carbons (Fsp3) is 0.0833. The van der Waals surface area contributed by atoms with Gasteiger partial charge in [-0.05, 0) is 18.2 Å². The van der Waals surface area contributed by atoms with Crippen molar-refractivity contribution in [2.45, 2.75) is 0 Å². The molecule has 0 fully saturated rings. The maximum Gasteiger partial charge on any atom is 0.261 e. The van der Waals surface area contributed by atoms with Crippen molar-refractivity contribution in [3.63, 3.8) is 0 Å². The second-order valence-electron chi connectivity index (χ2n) is 3.59. The minimum Gasteiger partial charge on any atom is -0.399 e. The first kappa shape index (κ1) is 11.1. The smallest absolute Gasteiger partial charge is 0.261 e. The van der Waals surface area contributed by atoms with Gasteiger partial charge < -0.3 is 10.6 Å². The van der Waals surface area contributed by atoms with Crippen LogP contribution in [0.25, 0.3) is 0 Å². The van der Waals surface area contributed by atoms with Gasteiger partial charge >= 0.3 is 0 Å². The summed E-state index contributed by atoms with van der Waals surface area (Å²) in [5.74, 6) is -0.170. The quantitative estimate of drug-likeness (QED) is 0.787. The van der Waals surface area contributed by atoms with Crippen LogP contribution in [0.2, 0.25) is 0 Å². The van der Waals surface area contributed by atoms with Crippen molar-refractivity contribution in [2.75, 3.05) is 17.7 Å². The van der Waals surface area contributed by atoms with Gasteiger partial charge in [0.05, 0.1) is 5.56 Å². The van der Waals surface area contributed by atoms with Crippen molar-refractivity contribution in [1.82, 2.24) is 9.97 Å². The number of nitrogen functional groups attached to an aromatic ring is 1. The van der Waals surface area contributed by atoms with E-state index in [4.69, 9.17) is 5.73 Å². The van der Waals surface area contributed by atoms with Crippen LogP contribution in [0.5, 0.6) is 0 Å². The zero-order chi connectivity index (χ0) is 12.3. The minimum atomic E-state index is -0.170. The van der Waals surface area contributed by atoms with Crippen LogP contribution in [0.1, 0.15) is 10.4 Å². The molecule has 0 unspecified atom stereocenters. The van der Waals surface area contributed by atoms with Crippen molar-refractivity contribution < 1.29 is 4.79 Å². The minimum absolute atomic E-state index is 0.170. The highest BCUT2D eigenvalue weighted by Crippen LogP contribution is 2.17. The number of carbonyl (C=O) groups is 1. The summed E-state index contributed by atoms with van der Waals surface area (Å²) in [4.78, 5) is 21.2. The van der Waals surface area contributed by atoms with Gasteiger partial charge in [-0.2, -0.15) is 0 Å². The molecule has 0 atom stereocenters. The summed E-state index contributed by atoms with van der Waals surface area (Å²) < 4.78 is 0. The Morgan fingerprint density at radius 1 is 1.29 bits per heavy atom. The number of nitrogens with two attached hydrogens (primary N) is 1. The van der Waals surface area contributed by atoms with Crippen LogP contribution in [0.15, 0.2) is 43.0 Å². The highest BCUT2D eigenvalue weighted by atomic mass is 16.2. The molecule has 2 rings (SSSR count). The molecule has 0 aliphatic carbocycles. The molecule has 86 valence electrons. The molecule has 0 saturated carbocycles. The number of hydrogen-bond donors (Lipinski definition) is 1. The maximum atomic E-state index is 12.1. The summed E-state index contributed by atoms with van der Waals surface area (Å²) in [6.45, 7) is 0. The van der Waals surface area contributed by atoms with E-state index >= 15 is 0 Å². The molecule has 0 saturated heterocycles. The molecule has 2 aromatic rings. The zero-order valence-electron chi connectivity index (χ0n) is 9.37. The first-order valence-electron chi connectivity index (χ1n) is 5.07. The van der Waals surface area contributed by atoms with Crippen molar-refractivity contribution >= 4 is 17.3 Å². The molecule has 2 N–H and O–H groups in total. The largest absolute Gasteiger partial charge is 0.399 e. The average molecular weight is 228 g/mol. The van der Waals surface area contributed by atoms with Crippen LogP contribution in [-0.4, -0.2) is 22.9 Å². The molecule has 17 heavy (non-hydrogen) atoms. The Morgan fingerprint density at radius 2 is 2.00 bits per heavy atom. The second kappa shape index (κ2) is 4.61. The monoisotopic (exact) mass is 228 g/mol. The van der Waals surface area contributed by atoms with Gasteiger partial charge in [-0.15, -0.1) is 0 Å². The van der Waals surface area contributed by atoms with Crippen molar-refractivity contribution in [3.05, 3.63) is 48.5 Å². The normalized spacial score (nSPS) is 9.94. The number of nitrogens with zero attached hydrogens (tertiary/aromatic N) is 3. The Hall–Kier alpha value is -2.43. The van der Waals surface area contributed by atoms with E-state index in [2.05, 4.69) is 9.97 Å². The van der Waals surface area contributed by atoms with Gasteiger partial charge in [0, 0.05) is 30.8 Å². The molecule has 1 aromatic carbocycles. The molecule has 0 aliphatic heterocycles. The van der Waals surface area contributed by atoms with E-state index in [0.29, 0.717) is 11.3 Å². The molecule has 1 aromatic heterocycles. The summed E-state index contributed by atoms with van der Waals surface area (Å²) in [6, 6.07) is 7.13. The number of amides is 1. The Bertz CT molecular complexity index is 527. The van der Waals surface area contributed by atoms with Gasteiger partial charge in [0.1, 0.15) is 6.33 Å². The van der Waals surface area contributed by atoms with E-state index < -0.39 is 0 Å². The van der Waals surface area contributed by atoms with Crippen molar-refractivity contribution in [3.8, 4) is 0 Å². The van der Waals surface area contributed by atoms with Gasteiger partial charge in [0.15, 0.2) is 0 Å². The summed E-state index contributed by atoms with van der Waals surface area (Å²) in [7, 11) is 1.68. The summed E-state index contributed by atoms with van der Waals surface area (Å²) in [5.41, 5.74) is 7.47. The molecule has 0 radical (unpaired) electrons. The number of aromatic nitrogens is 2. The van der Waals surface area contributed by atoms with Crippen LogP contribution < -0.4 is 10.6 Å². The predicted octanol–water partition coefficient (Wildman–Crippen LogP) is 1.34. The lowest BCUT2D eigenvalue weighted by molar-refractivity contribution is 0.0992. The van der Waals surface area contributed by atoms with Gasteiger partial charge in [-0.25, -0.2) is 9.97 Å². The molecular weight excluding hydrogens is 216 g/mol. The van der Waals surface area contributed by atoms with Crippen LogP contribution in [0.4, 0.5) is 11.4 Å². The third-order valence-corrected chi connectivity index (χ3v) is 2.37. The number of anilines is 2. The molecule has 1 heterocycles. The number of hydrogen-bond acceptors (Lipinski definition) is 4. The lowest BCUT2D eigenvalue weighted by atomic mass is 10.2. The van der Waals surface area contributed by atoms with Gasteiger partial charge in [0.25, 0.3) is 5.91 Å². The Kier molecular flexibility index (Phi) is 3.00. The number of rotatable bonds is 2. The van der Waals surface area contributed by atoms with Crippen LogP contribution >= 0.6 is 0 Å². The summed E-state index contributed by atoms with van der Waals surface area (Å²) >= 11 is 0. The maximum absolute atomic E-state index is 12.1. The Morgan fingerprint density at radius 3 is 2.65 bits per heavy atom. The summed E-state index contributed by atoms with van der Waals surface area (Å²) in [5, 5.41) is 0. The average Bonchev–Trinajstić information content (AvgIpc) is 2.38. The molecule has 5 heteroatoms. The topological polar surface area (TPSA) is 72.1 Å². The van der Waals surface area contributed by atoms with Crippen LogP contribution in [0.3, 0.4) is 0 Å². The van der Waals surface area contributed by atoms with E-state index in [1.165, 1.54) is 23.6 Å². The SMILES string of the molecule is CN(C(=O)c1cncnc1)c1cccc(N)c1. The van der Waals surface area contributed by atoms with Crippen molar-refractivity contribution in [1.29, 1.82) is 0 Å². The second-order valence-corrected chi connectivity index (χ2v) is 3.59. The standard InChI is InChI=1S/C12H12N4O/c1-16(11-4-2-3-10(13)5-11)12(17)9-6-14-8-15-7-9/h2-8H,13H2,1H3. The molecular formula is C12H12N4O. The lowest BCUT2D eigenvalue weighted by Crippen LogP contribution is -2.26. The van der Waals surface area contributed by atoms with Crippen molar-refractivity contribution in [2.24, 2.45) is 0 Å². The first-order valence-corrected chi connectivity index (χ1v) is 5.07. The van der Waals surface area contributed by atoms with Gasteiger partial charge in [-0.1, -0.05) is 6.07 Å². The molecule has 5 nitrogen and oxygen atoms in total. The molecule has 0 spiro atoms. The molecule has 0 bridgehead atoms. The third kappa shape index (κ3) is 2.39. The fourth-order valence-electron chi connectivity index (χ4n) is 1.45. The highest BCUT2D eigenvalue weighted by Gasteiger charge is 2.13. The van der Waals surface area contributed by atoms with E-state index in [0.717, 1.165) is 5.69 Å². The highest BCUT2D eigenvalue weighted by molar-refractivity contribution is 6.05. The van der Waals surface area contributed by atoms with E-state index in [1.807, 2.05) is 6.07 Å². The predicted molar refractivity (Wildman–Crippen MR) is 65.6 cm³/mol. The molecule has 0 aliphatic rings. The van der Waals surface area contributed by atoms with Crippen LogP contribution in [-0.2, 0) is 0 Å². The first-order chi connectivity index (χ1) is 8.18. The lowest BCUT2D eigenvalue weighted by Gasteiger charge is -2.17. The Balaban J connectivity index is 2.27. The van der Waals surface area contributed by atoms with E-state index in [9.17, 15) is 4.79 Å². The zero-order valence-corrected chi connectivity index (χ0v) is 9.37. The van der Waals surface area contributed by atoms with Gasteiger partial charge in [0.2, 0.25) is 0 Å². The van der Waals surface area contributed by atoms with Crippen LogP contribution in [0, 0.1) is 0 Å². The fourth-order valence-corrected chi connectivity index (χ4v) is 1.45. The molecule has 1 amide bonds. The summed E-state index contributed by atoms with van der Waals surface area (Å²) in [6.07, 6.45) is 4.35.